The molecule has 2 aliphatic rings. The number of hydrogen-bond donors (Lipinski definition) is 1. The molecule has 124 valence electrons. The molecular weight excluding hydrogens is 293 g/mol. The normalized spacial score (nSPS) is 28.8. The zero-order valence-corrected chi connectivity index (χ0v) is 12.9. The smallest absolute Gasteiger partial charge is 0.313 e. The lowest BCUT2D eigenvalue weighted by Gasteiger charge is -2.26. The van der Waals surface area contributed by atoms with Gasteiger partial charge in [-0.3, -0.25) is 0 Å². The van der Waals surface area contributed by atoms with Gasteiger partial charge in [0.05, 0.1) is 12.5 Å². The first kappa shape index (κ1) is 15.8. The third-order valence-electron chi connectivity index (χ3n) is 5.15. The predicted molar refractivity (Wildman–Crippen MR) is 76.1 cm³/mol. The van der Waals surface area contributed by atoms with E-state index in [4.69, 9.17) is 0 Å². The molecule has 0 amide bonds. The van der Waals surface area contributed by atoms with Crippen molar-refractivity contribution in [3.8, 4) is 0 Å². The highest BCUT2D eigenvalue weighted by Gasteiger charge is 2.42. The first-order chi connectivity index (χ1) is 10.5. The lowest BCUT2D eigenvalue weighted by atomic mass is 9.99. The quantitative estimate of drug-likeness (QED) is 0.928. The Bertz CT molecular complexity index is 511. The van der Waals surface area contributed by atoms with Crippen molar-refractivity contribution in [2.75, 3.05) is 0 Å². The summed E-state index contributed by atoms with van der Waals surface area (Å²) in [5.74, 6) is 0.837. The van der Waals surface area contributed by atoms with Gasteiger partial charge in [0.1, 0.15) is 11.6 Å². The van der Waals surface area contributed by atoms with Crippen LogP contribution in [0, 0.1) is 11.8 Å². The van der Waals surface area contributed by atoms with Gasteiger partial charge in [0, 0.05) is 19.0 Å². The van der Waals surface area contributed by atoms with Crippen LogP contribution in [0.1, 0.15) is 50.7 Å². The van der Waals surface area contributed by atoms with Gasteiger partial charge in [-0.15, -0.1) is 10.2 Å². The molecule has 2 heterocycles. The number of nitrogens with one attached hydrogen (secondary N) is 1. The Hall–Kier alpha value is -1.11. The van der Waals surface area contributed by atoms with E-state index in [0.717, 1.165) is 18.8 Å². The van der Waals surface area contributed by atoms with E-state index in [-0.39, 0.29) is 13.0 Å². The molecule has 3 atom stereocenters. The molecule has 3 rings (SSSR count). The van der Waals surface area contributed by atoms with Crippen molar-refractivity contribution >= 4 is 0 Å². The van der Waals surface area contributed by atoms with Crippen molar-refractivity contribution in [1.82, 2.24) is 20.1 Å². The summed E-state index contributed by atoms with van der Waals surface area (Å²) in [6, 6.07) is 0.458. The molecule has 0 radical (unpaired) electrons. The third-order valence-corrected chi connectivity index (χ3v) is 5.15. The van der Waals surface area contributed by atoms with Crippen LogP contribution in [0.3, 0.4) is 0 Å². The summed E-state index contributed by atoms with van der Waals surface area (Å²) in [5.41, 5.74) is 0. The van der Waals surface area contributed by atoms with Gasteiger partial charge in [-0.2, -0.15) is 13.2 Å². The number of hydrogen-bond acceptors (Lipinski definition) is 3. The molecule has 22 heavy (non-hydrogen) atoms. The Kier molecular flexibility index (Phi) is 4.43. The van der Waals surface area contributed by atoms with Gasteiger partial charge in [-0.25, -0.2) is 0 Å². The van der Waals surface area contributed by atoms with E-state index in [0.29, 0.717) is 30.7 Å². The zero-order chi connectivity index (χ0) is 15.7. The number of nitrogens with zero attached hydrogens (tertiary/aromatic N) is 3. The van der Waals surface area contributed by atoms with E-state index in [9.17, 15) is 13.2 Å². The number of rotatable bonds is 4. The molecule has 0 saturated heterocycles. The van der Waals surface area contributed by atoms with Gasteiger partial charge in [0.15, 0.2) is 0 Å². The Labute approximate surface area is 128 Å². The lowest BCUT2D eigenvalue weighted by molar-refractivity contribution is -0.182. The maximum Gasteiger partial charge on any atom is 0.393 e. The highest BCUT2D eigenvalue weighted by molar-refractivity contribution is 5.01. The summed E-state index contributed by atoms with van der Waals surface area (Å²) in [7, 11) is 0. The molecule has 1 fully saturated rings. The molecule has 1 N–H and O–H groups in total. The molecule has 1 aromatic heterocycles. The molecule has 7 heteroatoms. The second kappa shape index (κ2) is 6.18. The van der Waals surface area contributed by atoms with Gasteiger partial charge in [0.25, 0.3) is 0 Å². The van der Waals surface area contributed by atoms with Crippen LogP contribution in [0.15, 0.2) is 0 Å². The van der Waals surface area contributed by atoms with Crippen molar-refractivity contribution in [2.45, 2.75) is 70.8 Å². The highest BCUT2D eigenvalue weighted by Crippen LogP contribution is 2.34. The molecule has 1 aliphatic carbocycles. The second-order valence-corrected chi connectivity index (χ2v) is 6.59. The minimum Gasteiger partial charge on any atom is -0.313 e. The molecule has 0 unspecified atom stereocenters. The van der Waals surface area contributed by atoms with Crippen molar-refractivity contribution in [2.24, 2.45) is 11.8 Å². The molecular formula is C15H23F3N4. The van der Waals surface area contributed by atoms with Crippen molar-refractivity contribution in [1.29, 1.82) is 0 Å². The minimum atomic E-state index is -4.13. The van der Waals surface area contributed by atoms with Crippen LogP contribution < -0.4 is 5.32 Å². The zero-order valence-electron chi connectivity index (χ0n) is 12.9. The van der Waals surface area contributed by atoms with Crippen LogP contribution >= 0.6 is 0 Å². The molecule has 1 saturated carbocycles. The summed E-state index contributed by atoms with van der Waals surface area (Å²) < 4.78 is 40.4. The van der Waals surface area contributed by atoms with Gasteiger partial charge in [0.2, 0.25) is 0 Å². The molecule has 0 spiro atoms. The van der Waals surface area contributed by atoms with Crippen LogP contribution in [0.5, 0.6) is 0 Å². The van der Waals surface area contributed by atoms with Gasteiger partial charge < -0.3 is 9.88 Å². The molecule has 4 nitrogen and oxygen atoms in total. The van der Waals surface area contributed by atoms with Gasteiger partial charge in [-0.1, -0.05) is 13.3 Å². The molecule has 0 aromatic carbocycles. The number of fused-ring (bicyclic) bond motifs is 1. The summed E-state index contributed by atoms with van der Waals surface area (Å²) in [6.07, 6.45) is 1.09. The largest absolute Gasteiger partial charge is 0.393 e. The standard InChI is InChI=1S/C15H23F3N4/c1-2-10-3-5-12(7-10)19-8-14-21-20-13-6-4-11(9-22(13)14)15(16,17)18/h10-12,19H,2-9H2,1H3/t10-,11+,12+/m1/s1. The van der Waals surface area contributed by atoms with E-state index < -0.39 is 12.1 Å². The van der Waals surface area contributed by atoms with Crippen molar-refractivity contribution in [3.63, 3.8) is 0 Å². The Balaban J connectivity index is 1.61. The Morgan fingerprint density at radius 3 is 2.73 bits per heavy atom. The SMILES string of the molecule is CC[C@@H]1CC[C@H](NCc2nnc3n2C[C@@H](C(F)(F)F)CC3)C1. The topological polar surface area (TPSA) is 42.7 Å². The predicted octanol–water partition coefficient (Wildman–Crippen LogP) is 3.07. The maximum absolute atomic E-state index is 12.9. The third kappa shape index (κ3) is 3.29. The minimum absolute atomic E-state index is 0.0366. The summed E-state index contributed by atoms with van der Waals surface area (Å²) >= 11 is 0. The van der Waals surface area contributed by atoms with Gasteiger partial charge in [-0.05, 0) is 31.6 Å². The number of halogens is 3. The van der Waals surface area contributed by atoms with E-state index in [1.54, 1.807) is 4.57 Å². The van der Waals surface area contributed by atoms with Crippen LogP contribution in [-0.4, -0.2) is 27.0 Å². The molecule has 0 bridgehead atoms. The van der Waals surface area contributed by atoms with E-state index in [1.165, 1.54) is 12.8 Å². The van der Waals surface area contributed by atoms with E-state index in [2.05, 4.69) is 22.4 Å². The highest BCUT2D eigenvalue weighted by atomic mass is 19.4. The Morgan fingerprint density at radius 1 is 1.23 bits per heavy atom. The molecule has 1 aliphatic heterocycles. The van der Waals surface area contributed by atoms with Crippen molar-refractivity contribution in [3.05, 3.63) is 11.6 Å². The fraction of sp³-hybridized carbons (Fsp3) is 0.867. The van der Waals surface area contributed by atoms with Gasteiger partial charge >= 0.3 is 6.18 Å². The second-order valence-electron chi connectivity index (χ2n) is 6.59. The van der Waals surface area contributed by atoms with Crippen LogP contribution in [-0.2, 0) is 19.5 Å². The lowest BCUT2D eigenvalue weighted by Crippen LogP contribution is -2.34. The summed E-state index contributed by atoms with van der Waals surface area (Å²) in [6.45, 7) is 2.68. The first-order valence-electron chi connectivity index (χ1n) is 8.18. The van der Waals surface area contributed by atoms with Crippen molar-refractivity contribution < 1.29 is 13.2 Å². The average Bonchev–Trinajstić information content (AvgIpc) is 3.10. The van der Waals surface area contributed by atoms with E-state index >= 15 is 0 Å². The maximum atomic E-state index is 12.9. The Morgan fingerprint density at radius 2 is 2.05 bits per heavy atom. The van der Waals surface area contributed by atoms with Crippen LogP contribution in [0.4, 0.5) is 13.2 Å². The monoisotopic (exact) mass is 316 g/mol. The number of alkyl halides is 3. The summed E-state index contributed by atoms with van der Waals surface area (Å²) in [4.78, 5) is 0. The number of aryl methyl sites for hydroxylation is 1. The fourth-order valence-electron chi connectivity index (χ4n) is 3.65. The van der Waals surface area contributed by atoms with Crippen LogP contribution in [0.2, 0.25) is 0 Å². The summed E-state index contributed by atoms with van der Waals surface area (Å²) in [5, 5.41) is 11.6. The molecule has 1 aromatic rings. The number of aromatic nitrogens is 3. The van der Waals surface area contributed by atoms with Crippen LogP contribution in [0.25, 0.3) is 0 Å². The fourth-order valence-corrected chi connectivity index (χ4v) is 3.65. The van der Waals surface area contributed by atoms with E-state index in [1.807, 2.05) is 0 Å². The first-order valence-corrected chi connectivity index (χ1v) is 8.18. The average molecular weight is 316 g/mol.